The monoisotopic (exact) mass is 167 g/mol. The van der Waals surface area contributed by atoms with Gasteiger partial charge in [0.1, 0.15) is 5.60 Å². The minimum atomic E-state index is -0.218. The highest BCUT2D eigenvalue weighted by Gasteiger charge is 2.61. The van der Waals surface area contributed by atoms with E-state index >= 15 is 0 Å². The number of hydrogen-bond acceptors (Lipinski definition) is 2. The van der Waals surface area contributed by atoms with Crippen molar-refractivity contribution < 1.29 is 9.53 Å². The number of carbonyl (C=O) groups excluding carboxylic acids is 1. The van der Waals surface area contributed by atoms with Gasteiger partial charge >= 0.3 is 6.09 Å². The molecule has 66 valence electrons. The Morgan fingerprint density at radius 2 is 2.08 bits per heavy atom. The van der Waals surface area contributed by atoms with E-state index in [1.807, 2.05) is 0 Å². The topological polar surface area (TPSA) is 38.3 Å². The SMILES string of the molecule is O=C1NCC2(CC3(CCC3)C2)O1. The fourth-order valence-electron chi connectivity index (χ4n) is 3.04. The van der Waals surface area contributed by atoms with E-state index < -0.39 is 0 Å². The van der Waals surface area contributed by atoms with Crippen LogP contribution < -0.4 is 5.32 Å². The molecule has 0 unspecified atom stereocenters. The fraction of sp³-hybridized carbons (Fsp3) is 0.889. The lowest BCUT2D eigenvalue weighted by atomic mass is 9.50. The van der Waals surface area contributed by atoms with Crippen LogP contribution in [0.25, 0.3) is 0 Å². The predicted molar refractivity (Wildman–Crippen MR) is 42.7 cm³/mol. The Bertz CT molecular complexity index is 237. The highest BCUT2D eigenvalue weighted by molar-refractivity contribution is 5.70. The van der Waals surface area contributed by atoms with Crippen LogP contribution in [0, 0.1) is 5.41 Å². The molecular formula is C9H13NO2. The minimum Gasteiger partial charge on any atom is -0.441 e. The molecule has 3 nitrogen and oxygen atoms in total. The lowest BCUT2D eigenvalue weighted by Crippen LogP contribution is -2.57. The van der Waals surface area contributed by atoms with Crippen LogP contribution in [0.1, 0.15) is 32.1 Å². The van der Waals surface area contributed by atoms with Crippen LogP contribution >= 0.6 is 0 Å². The maximum Gasteiger partial charge on any atom is 0.407 e. The molecule has 1 aliphatic heterocycles. The Labute approximate surface area is 71.5 Å². The molecule has 1 saturated heterocycles. The van der Waals surface area contributed by atoms with Crippen molar-refractivity contribution >= 4 is 6.09 Å². The summed E-state index contributed by atoms with van der Waals surface area (Å²) in [7, 11) is 0. The summed E-state index contributed by atoms with van der Waals surface area (Å²) in [5, 5.41) is 2.74. The molecule has 1 heterocycles. The normalized spacial score (nSPS) is 33.8. The molecule has 0 radical (unpaired) electrons. The molecule has 3 aliphatic rings. The van der Waals surface area contributed by atoms with Gasteiger partial charge in [0, 0.05) is 0 Å². The molecule has 2 spiro atoms. The molecule has 2 saturated carbocycles. The van der Waals surface area contributed by atoms with Crippen molar-refractivity contribution in [2.75, 3.05) is 6.54 Å². The Kier molecular flexibility index (Phi) is 1.00. The van der Waals surface area contributed by atoms with E-state index in [1.165, 1.54) is 19.3 Å². The third kappa shape index (κ3) is 0.692. The molecule has 1 N–H and O–H groups in total. The van der Waals surface area contributed by atoms with E-state index in [0.717, 1.165) is 19.4 Å². The molecule has 0 atom stereocenters. The highest BCUT2D eigenvalue weighted by atomic mass is 16.6. The van der Waals surface area contributed by atoms with Gasteiger partial charge in [-0.2, -0.15) is 0 Å². The number of rotatable bonds is 0. The quantitative estimate of drug-likeness (QED) is 0.592. The standard InChI is InChI=1S/C9H13NO2/c11-7-10-6-9(12-7)4-8(5-9)2-1-3-8/h1-6H2,(H,10,11). The summed E-state index contributed by atoms with van der Waals surface area (Å²) in [6, 6.07) is 0. The molecule has 0 aromatic rings. The van der Waals surface area contributed by atoms with Crippen molar-refractivity contribution in [3.05, 3.63) is 0 Å². The summed E-state index contributed by atoms with van der Waals surface area (Å²) >= 11 is 0. The van der Waals surface area contributed by atoms with Crippen LogP contribution in [0.5, 0.6) is 0 Å². The van der Waals surface area contributed by atoms with Crippen molar-refractivity contribution in [3.63, 3.8) is 0 Å². The van der Waals surface area contributed by atoms with Gasteiger partial charge in [-0.3, -0.25) is 0 Å². The van der Waals surface area contributed by atoms with Gasteiger partial charge in [0.15, 0.2) is 0 Å². The van der Waals surface area contributed by atoms with E-state index in [9.17, 15) is 4.79 Å². The zero-order valence-corrected chi connectivity index (χ0v) is 7.06. The maximum absolute atomic E-state index is 10.8. The zero-order valence-electron chi connectivity index (χ0n) is 7.06. The molecule has 1 amide bonds. The van der Waals surface area contributed by atoms with E-state index in [0.29, 0.717) is 5.41 Å². The number of ether oxygens (including phenoxy) is 1. The van der Waals surface area contributed by atoms with E-state index in [-0.39, 0.29) is 11.7 Å². The van der Waals surface area contributed by atoms with Crippen LogP contribution in [0.3, 0.4) is 0 Å². The summed E-state index contributed by atoms with van der Waals surface area (Å²) < 4.78 is 5.27. The smallest absolute Gasteiger partial charge is 0.407 e. The zero-order chi connectivity index (χ0) is 8.23. The largest absolute Gasteiger partial charge is 0.441 e. The Balaban J connectivity index is 1.70. The Morgan fingerprint density at radius 1 is 1.33 bits per heavy atom. The first kappa shape index (κ1) is 6.75. The molecule has 3 rings (SSSR count). The van der Waals surface area contributed by atoms with Crippen molar-refractivity contribution in [1.82, 2.24) is 5.32 Å². The van der Waals surface area contributed by atoms with E-state index in [1.54, 1.807) is 0 Å². The molecular weight excluding hydrogens is 154 g/mol. The van der Waals surface area contributed by atoms with Gasteiger partial charge in [0.05, 0.1) is 6.54 Å². The van der Waals surface area contributed by atoms with Gasteiger partial charge in [0.25, 0.3) is 0 Å². The van der Waals surface area contributed by atoms with Crippen LogP contribution in [-0.4, -0.2) is 18.2 Å². The molecule has 0 aromatic carbocycles. The molecule has 3 fully saturated rings. The summed E-state index contributed by atoms with van der Waals surface area (Å²) in [6.45, 7) is 0.744. The lowest BCUT2D eigenvalue weighted by Gasteiger charge is -2.57. The summed E-state index contributed by atoms with van der Waals surface area (Å²) in [6.07, 6.45) is 6.08. The van der Waals surface area contributed by atoms with Gasteiger partial charge in [0.2, 0.25) is 0 Å². The van der Waals surface area contributed by atoms with Gasteiger partial charge in [-0.05, 0) is 31.1 Å². The average Bonchev–Trinajstić information content (AvgIpc) is 2.23. The van der Waals surface area contributed by atoms with E-state index in [4.69, 9.17) is 4.74 Å². The van der Waals surface area contributed by atoms with Gasteiger partial charge < -0.3 is 10.1 Å². The second kappa shape index (κ2) is 1.78. The second-order valence-electron chi connectivity index (χ2n) is 4.63. The predicted octanol–water partition coefficient (Wildman–Crippen LogP) is 1.43. The van der Waals surface area contributed by atoms with Crippen LogP contribution in [0.2, 0.25) is 0 Å². The minimum absolute atomic E-state index is 0.0858. The lowest BCUT2D eigenvalue weighted by molar-refractivity contribution is -0.140. The average molecular weight is 167 g/mol. The van der Waals surface area contributed by atoms with Crippen LogP contribution in [0.15, 0.2) is 0 Å². The third-order valence-corrected chi connectivity index (χ3v) is 3.67. The van der Waals surface area contributed by atoms with Crippen molar-refractivity contribution in [2.24, 2.45) is 5.41 Å². The second-order valence-corrected chi connectivity index (χ2v) is 4.63. The van der Waals surface area contributed by atoms with Crippen LogP contribution in [-0.2, 0) is 4.74 Å². The number of alkyl carbamates (subject to hydrolysis) is 1. The van der Waals surface area contributed by atoms with Crippen LogP contribution in [0.4, 0.5) is 4.79 Å². The van der Waals surface area contributed by atoms with E-state index in [2.05, 4.69) is 5.32 Å². The number of hydrogen-bond donors (Lipinski definition) is 1. The number of nitrogens with one attached hydrogen (secondary N) is 1. The molecule has 12 heavy (non-hydrogen) atoms. The molecule has 3 heteroatoms. The first-order chi connectivity index (χ1) is 5.72. The van der Waals surface area contributed by atoms with Gasteiger partial charge in [-0.1, -0.05) is 6.42 Å². The first-order valence-electron chi connectivity index (χ1n) is 4.69. The summed E-state index contributed by atoms with van der Waals surface area (Å²) in [5.74, 6) is 0. The highest BCUT2D eigenvalue weighted by Crippen LogP contribution is 2.62. The summed E-state index contributed by atoms with van der Waals surface area (Å²) in [4.78, 5) is 10.8. The van der Waals surface area contributed by atoms with Crippen molar-refractivity contribution in [2.45, 2.75) is 37.7 Å². The summed E-state index contributed by atoms with van der Waals surface area (Å²) in [5.41, 5.74) is 0.504. The Hall–Kier alpha value is -0.730. The first-order valence-corrected chi connectivity index (χ1v) is 4.69. The molecule has 2 aliphatic carbocycles. The third-order valence-electron chi connectivity index (χ3n) is 3.67. The van der Waals surface area contributed by atoms with Crippen molar-refractivity contribution in [1.29, 1.82) is 0 Å². The molecule has 0 aromatic heterocycles. The fourth-order valence-corrected chi connectivity index (χ4v) is 3.04. The Morgan fingerprint density at radius 3 is 2.50 bits per heavy atom. The molecule has 0 bridgehead atoms. The van der Waals surface area contributed by atoms with Gasteiger partial charge in [-0.25, -0.2) is 4.79 Å². The maximum atomic E-state index is 10.8. The number of carbonyl (C=O) groups is 1. The van der Waals surface area contributed by atoms with Crippen molar-refractivity contribution in [3.8, 4) is 0 Å². The van der Waals surface area contributed by atoms with Gasteiger partial charge in [-0.15, -0.1) is 0 Å². The number of amides is 1.